The van der Waals surface area contributed by atoms with Crippen LogP contribution in [0, 0.1) is 0 Å². The Bertz CT molecular complexity index is 613. The number of piperidine rings is 1. The van der Waals surface area contributed by atoms with Gasteiger partial charge in [-0.25, -0.2) is 8.42 Å². The number of rotatable bonds is 2. The van der Waals surface area contributed by atoms with E-state index in [-0.39, 0.29) is 22.2 Å². The summed E-state index contributed by atoms with van der Waals surface area (Å²) < 4.78 is 34.5. The lowest BCUT2D eigenvalue weighted by atomic mass is 10.0. The largest absolute Gasteiger partial charge is 0.375 e. The molecule has 2 atom stereocenters. The number of morpholine rings is 1. The monoisotopic (exact) mass is 334 g/mol. The summed E-state index contributed by atoms with van der Waals surface area (Å²) >= 11 is 6.02. The van der Waals surface area contributed by atoms with Crippen LogP contribution in [0.1, 0.15) is 6.42 Å². The fraction of sp³-hybridized carbons (Fsp3) is 0.750. The van der Waals surface area contributed by atoms with Crippen molar-refractivity contribution in [2.45, 2.75) is 23.6 Å². The van der Waals surface area contributed by atoms with E-state index in [0.717, 1.165) is 13.0 Å². The normalized spacial score (nSPS) is 28.5. The maximum atomic E-state index is 13.0. The number of hydrogen-bond acceptors (Lipinski definition) is 5. The van der Waals surface area contributed by atoms with Crippen molar-refractivity contribution in [3.63, 3.8) is 0 Å². The highest BCUT2D eigenvalue weighted by Gasteiger charge is 2.43. The van der Waals surface area contributed by atoms with Crippen LogP contribution in [0.3, 0.4) is 0 Å². The van der Waals surface area contributed by atoms with Crippen LogP contribution >= 0.6 is 11.6 Å². The van der Waals surface area contributed by atoms with E-state index in [9.17, 15) is 8.42 Å². The van der Waals surface area contributed by atoms with Crippen LogP contribution in [0.2, 0.25) is 5.02 Å². The summed E-state index contributed by atoms with van der Waals surface area (Å²) in [7, 11) is -0.0990. The Morgan fingerprint density at radius 2 is 2.14 bits per heavy atom. The van der Waals surface area contributed by atoms with Crippen molar-refractivity contribution in [2.24, 2.45) is 7.05 Å². The van der Waals surface area contributed by atoms with Gasteiger partial charge >= 0.3 is 0 Å². The number of likely N-dealkylation sites (N-methyl/N-ethyl adjacent to an activating group) is 1. The molecule has 3 heterocycles. The molecule has 0 radical (unpaired) electrons. The minimum atomic E-state index is -3.68. The zero-order chi connectivity index (χ0) is 15.2. The molecule has 118 valence electrons. The molecule has 0 bridgehead atoms. The van der Waals surface area contributed by atoms with Crippen molar-refractivity contribution in [1.82, 2.24) is 19.0 Å². The number of aromatic nitrogens is 2. The molecule has 2 aliphatic heterocycles. The zero-order valence-electron chi connectivity index (χ0n) is 12.1. The molecule has 2 saturated heterocycles. The number of fused-ring (bicyclic) bond motifs is 1. The lowest BCUT2D eigenvalue weighted by Crippen LogP contribution is -2.60. The van der Waals surface area contributed by atoms with Crippen LogP contribution in [0.15, 0.2) is 11.2 Å². The van der Waals surface area contributed by atoms with Crippen LogP contribution in [0.4, 0.5) is 0 Å². The third-order valence-electron chi connectivity index (χ3n) is 4.13. The number of hydrogen-bond donors (Lipinski definition) is 0. The van der Waals surface area contributed by atoms with E-state index >= 15 is 0 Å². The molecule has 3 rings (SSSR count). The van der Waals surface area contributed by atoms with Crippen molar-refractivity contribution in [1.29, 1.82) is 0 Å². The number of aryl methyl sites for hydroxylation is 1. The molecular weight excluding hydrogens is 316 g/mol. The van der Waals surface area contributed by atoms with E-state index in [4.69, 9.17) is 16.3 Å². The van der Waals surface area contributed by atoms with Gasteiger partial charge in [0.1, 0.15) is 0 Å². The summed E-state index contributed by atoms with van der Waals surface area (Å²) in [4.78, 5) is 2.13. The van der Waals surface area contributed by atoms with Crippen LogP contribution < -0.4 is 0 Å². The molecule has 2 aliphatic rings. The summed E-state index contributed by atoms with van der Waals surface area (Å²) in [6.45, 7) is 2.35. The highest BCUT2D eigenvalue weighted by molar-refractivity contribution is 7.89. The third-order valence-corrected chi connectivity index (χ3v) is 6.56. The van der Waals surface area contributed by atoms with Crippen molar-refractivity contribution in [3.05, 3.63) is 11.2 Å². The Kier molecular flexibility index (Phi) is 4.00. The van der Waals surface area contributed by atoms with Gasteiger partial charge in [-0.3, -0.25) is 4.68 Å². The molecule has 0 spiro atoms. The quantitative estimate of drug-likeness (QED) is 0.771. The molecule has 0 saturated carbocycles. The Labute approximate surface area is 129 Å². The van der Waals surface area contributed by atoms with E-state index < -0.39 is 10.0 Å². The molecule has 0 amide bonds. The standard InChI is InChI=1S/C12H19ClN4O3S/c1-15-4-3-11-10(8-15)17(5-6-20-11)21(18,19)12-9(13)7-14-16(12)2/h7,10-11H,3-6,8H2,1-2H3. The highest BCUT2D eigenvalue weighted by atomic mass is 35.5. The van der Waals surface area contributed by atoms with E-state index in [0.29, 0.717) is 19.7 Å². The average molecular weight is 335 g/mol. The first-order valence-electron chi connectivity index (χ1n) is 6.91. The lowest BCUT2D eigenvalue weighted by Gasteiger charge is -2.45. The minimum Gasteiger partial charge on any atom is -0.375 e. The number of sulfonamides is 1. The van der Waals surface area contributed by atoms with E-state index in [2.05, 4.69) is 10.00 Å². The fourth-order valence-corrected chi connectivity index (χ4v) is 5.33. The van der Waals surface area contributed by atoms with Crippen LogP contribution in [0.25, 0.3) is 0 Å². The Morgan fingerprint density at radius 1 is 1.38 bits per heavy atom. The van der Waals surface area contributed by atoms with Gasteiger partial charge in [0.15, 0.2) is 5.03 Å². The maximum Gasteiger partial charge on any atom is 0.262 e. The zero-order valence-corrected chi connectivity index (χ0v) is 13.6. The van der Waals surface area contributed by atoms with Crippen molar-refractivity contribution in [2.75, 3.05) is 33.3 Å². The first kappa shape index (κ1) is 15.2. The highest BCUT2D eigenvalue weighted by Crippen LogP contribution is 2.30. The van der Waals surface area contributed by atoms with Crippen molar-refractivity contribution in [3.8, 4) is 0 Å². The second kappa shape index (κ2) is 5.51. The topological polar surface area (TPSA) is 67.7 Å². The molecule has 0 N–H and O–H groups in total. The molecule has 21 heavy (non-hydrogen) atoms. The van der Waals surface area contributed by atoms with E-state index in [1.807, 2.05) is 7.05 Å². The number of likely N-dealkylation sites (tertiary alicyclic amines) is 1. The SMILES string of the molecule is CN1CCC2OCCN(S(=O)(=O)c3c(Cl)cnn3C)C2C1. The molecule has 7 nitrogen and oxygen atoms in total. The average Bonchev–Trinajstić information content (AvgIpc) is 2.77. The maximum absolute atomic E-state index is 13.0. The van der Waals surface area contributed by atoms with Crippen LogP contribution in [-0.4, -0.2) is 72.8 Å². The van der Waals surface area contributed by atoms with Gasteiger partial charge in [-0.05, 0) is 13.5 Å². The number of halogens is 1. The summed E-state index contributed by atoms with van der Waals surface area (Å²) in [5, 5.41) is 4.14. The first-order chi connectivity index (χ1) is 9.91. The molecule has 2 fully saturated rings. The second-order valence-corrected chi connectivity index (χ2v) is 7.78. The minimum absolute atomic E-state index is 0.0447. The van der Waals surface area contributed by atoms with Crippen LogP contribution in [-0.2, 0) is 21.8 Å². The van der Waals surface area contributed by atoms with Gasteiger partial charge in [0, 0.05) is 26.7 Å². The Morgan fingerprint density at radius 3 is 2.81 bits per heavy atom. The van der Waals surface area contributed by atoms with E-state index in [1.165, 1.54) is 15.2 Å². The molecule has 1 aromatic heterocycles. The number of nitrogens with zero attached hydrogens (tertiary/aromatic N) is 4. The van der Waals surface area contributed by atoms with Gasteiger partial charge in [0.05, 0.1) is 30.0 Å². The first-order valence-corrected chi connectivity index (χ1v) is 8.72. The second-order valence-electron chi connectivity index (χ2n) is 5.56. The van der Waals surface area contributed by atoms with Gasteiger partial charge in [-0.1, -0.05) is 11.6 Å². The predicted molar refractivity (Wildman–Crippen MR) is 77.8 cm³/mol. The molecule has 9 heteroatoms. The smallest absolute Gasteiger partial charge is 0.262 e. The summed E-state index contributed by atoms with van der Waals surface area (Å²) in [6.07, 6.45) is 2.16. The van der Waals surface area contributed by atoms with Gasteiger partial charge in [-0.2, -0.15) is 9.40 Å². The fourth-order valence-electron chi connectivity index (χ4n) is 3.10. The molecule has 1 aromatic rings. The van der Waals surface area contributed by atoms with Crippen molar-refractivity contribution < 1.29 is 13.2 Å². The summed E-state index contributed by atoms with van der Waals surface area (Å²) in [5.74, 6) is 0. The van der Waals surface area contributed by atoms with Gasteiger partial charge in [-0.15, -0.1) is 0 Å². The molecule has 0 aliphatic carbocycles. The number of ether oxygens (including phenoxy) is 1. The van der Waals surface area contributed by atoms with Crippen molar-refractivity contribution >= 4 is 21.6 Å². The Hall–Kier alpha value is -0.670. The van der Waals surface area contributed by atoms with Crippen LogP contribution in [0.5, 0.6) is 0 Å². The predicted octanol–water partition coefficient (Wildman–Crippen LogP) is 0.167. The molecule has 2 unspecified atom stereocenters. The van der Waals surface area contributed by atoms with Gasteiger partial charge in [0.2, 0.25) is 0 Å². The third kappa shape index (κ3) is 2.59. The van der Waals surface area contributed by atoms with E-state index in [1.54, 1.807) is 7.05 Å². The van der Waals surface area contributed by atoms with Gasteiger partial charge < -0.3 is 9.64 Å². The lowest BCUT2D eigenvalue weighted by molar-refractivity contribution is -0.0720. The van der Waals surface area contributed by atoms with Gasteiger partial charge in [0.25, 0.3) is 10.0 Å². The molecule has 0 aromatic carbocycles. The Balaban J connectivity index is 1.97. The molecular formula is C12H19ClN4O3S. The summed E-state index contributed by atoms with van der Waals surface area (Å²) in [6, 6.07) is -0.173. The summed E-state index contributed by atoms with van der Waals surface area (Å²) in [5.41, 5.74) is 0.